The number of hydrogen-bond donors (Lipinski definition) is 1. The summed E-state index contributed by atoms with van der Waals surface area (Å²) in [5, 5.41) is 1.68. The monoisotopic (exact) mass is 452 g/mol. The van der Waals surface area contributed by atoms with Gasteiger partial charge in [0, 0.05) is 30.8 Å². The standard InChI is InChI=1S/C19H20N2O7S2/c1-25-18-13(4-5-16(22)21-6-8-26-9-7-21)14(11-15-19(18)28-12-27-15)20-30(23,24)17-3-2-10-29-17/h2-5,10-11,20H,6-9,12H2,1H3/b5-4+. The molecule has 0 bridgehead atoms. The van der Waals surface area contributed by atoms with E-state index in [0.717, 1.165) is 11.3 Å². The van der Waals surface area contributed by atoms with Crippen LogP contribution in [0.25, 0.3) is 6.08 Å². The summed E-state index contributed by atoms with van der Waals surface area (Å²) in [7, 11) is -2.38. The van der Waals surface area contributed by atoms with Gasteiger partial charge < -0.3 is 23.8 Å². The average molecular weight is 453 g/mol. The Bertz CT molecular complexity index is 1060. The van der Waals surface area contributed by atoms with E-state index in [1.165, 1.54) is 31.4 Å². The molecule has 1 fully saturated rings. The summed E-state index contributed by atoms with van der Waals surface area (Å²) in [6, 6.07) is 4.69. The van der Waals surface area contributed by atoms with E-state index in [1.54, 1.807) is 16.3 Å². The molecule has 0 aliphatic carbocycles. The van der Waals surface area contributed by atoms with E-state index in [9.17, 15) is 13.2 Å². The Kier molecular flexibility index (Phi) is 5.84. The Morgan fingerprint density at radius 3 is 2.80 bits per heavy atom. The molecule has 30 heavy (non-hydrogen) atoms. The minimum Gasteiger partial charge on any atom is -0.492 e. The van der Waals surface area contributed by atoms with Gasteiger partial charge in [0.05, 0.1) is 26.0 Å². The molecule has 1 N–H and O–H groups in total. The number of thiophene rings is 1. The van der Waals surface area contributed by atoms with E-state index in [-0.39, 0.29) is 28.3 Å². The van der Waals surface area contributed by atoms with Crippen LogP contribution in [0.3, 0.4) is 0 Å². The van der Waals surface area contributed by atoms with Crippen LogP contribution in [0.5, 0.6) is 17.2 Å². The molecule has 1 amide bonds. The van der Waals surface area contributed by atoms with Crippen molar-refractivity contribution in [2.24, 2.45) is 0 Å². The average Bonchev–Trinajstić information content (AvgIpc) is 3.44. The van der Waals surface area contributed by atoms with Gasteiger partial charge in [-0.15, -0.1) is 11.3 Å². The van der Waals surface area contributed by atoms with Gasteiger partial charge in [0.25, 0.3) is 10.0 Å². The minimum atomic E-state index is -3.82. The van der Waals surface area contributed by atoms with Crippen molar-refractivity contribution in [2.45, 2.75) is 4.21 Å². The van der Waals surface area contributed by atoms with Gasteiger partial charge in [0.2, 0.25) is 18.4 Å². The van der Waals surface area contributed by atoms with Crippen LogP contribution in [-0.4, -0.2) is 59.4 Å². The molecule has 1 aromatic carbocycles. The van der Waals surface area contributed by atoms with Crippen LogP contribution >= 0.6 is 11.3 Å². The lowest BCUT2D eigenvalue weighted by Crippen LogP contribution is -2.39. The van der Waals surface area contributed by atoms with Gasteiger partial charge in [0.1, 0.15) is 4.21 Å². The van der Waals surface area contributed by atoms with E-state index >= 15 is 0 Å². The van der Waals surface area contributed by atoms with Crippen LogP contribution in [0, 0.1) is 0 Å². The number of morpholine rings is 1. The molecule has 11 heteroatoms. The summed E-state index contributed by atoms with van der Waals surface area (Å²) >= 11 is 1.10. The van der Waals surface area contributed by atoms with Gasteiger partial charge in [0.15, 0.2) is 11.5 Å². The lowest BCUT2D eigenvalue weighted by molar-refractivity contribution is -0.129. The zero-order chi connectivity index (χ0) is 21.1. The molecular weight excluding hydrogens is 432 g/mol. The first kappa shape index (κ1) is 20.5. The molecule has 2 aromatic rings. The topological polar surface area (TPSA) is 103 Å². The van der Waals surface area contributed by atoms with E-state index in [1.807, 2.05) is 0 Å². The van der Waals surface area contributed by atoms with E-state index < -0.39 is 10.0 Å². The van der Waals surface area contributed by atoms with Crippen molar-refractivity contribution in [3.8, 4) is 17.2 Å². The van der Waals surface area contributed by atoms with Gasteiger partial charge in [-0.3, -0.25) is 9.52 Å². The third-order valence-corrected chi connectivity index (χ3v) is 7.34. The van der Waals surface area contributed by atoms with Gasteiger partial charge >= 0.3 is 0 Å². The van der Waals surface area contributed by atoms with Crippen molar-refractivity contribution < 1.29 is 32.2 Å². The van der Waals surface area contributed by atoms with E-state index in [0.29, 0.717) is 43.4 Å². The minimum absolute atomic E-state index is 0.0112. The van der Waals surface area contributed by atoms with Crippen LogP contribution in [0.15, 0.2) is 33.9 Å². The quantitative estimate of drug-likeness (QED) is 0.670. The second-order valence-corrected chi connectivity index (χ2v) is 9.27. The number of benzene rings is 1. The Morgan fingerprint density at radius 1 is 1.30 bits per heavy atom. The fourth-order valence-electron chi connectivity index (χ4n) is 3.13. The highest BCUT2D eigenvalue weighted by Crippen LogP contribution is 2.47. The number of nitrogens with zero attached hydrogens (tertiary/aromatic N) is 1. The van der Waals surface area contributed by atoms with Crippen molar-refractivity contribution >= 4 is 39.0 Å². The zero-order valence-corrected chi connectivity index (χ0v) is 17.8. The number of sulfonamides is 1. The number of fused-ring (bicyclic) bond motifs is 1. The maximum atomic E-state index is 12.8. The smallest absolute Gasteiger partial charge is 0.271 e. The molecule has 0 unspecified atom stereocenters. The van der Waals surface area contributed by atoms with Crippen molar-refractivity contribution in [1.29, 1.82) is 0 Å². The van der Waals surface area contributed by atoms with Gasteiger partial charge in [-0.25, -0.2) is 8.42 Å². The van der Waals surface area contributed by atoms with Crippen LogP contribution in [0.1, 0.15) is 5.56 Å². The van der Waals surface area contributed by atoms with Crippen LogP contribution in [0.2, 0.25) is 0 Å². The number of carbonyl (C=O) groups is 1. The second kappa shape index (κ2) is 8.54. The molecule has 0 saturated carbocycles. The van der Waals surface area contributed by atoms with Crippen LogP contribution in [-0.2, 0) is 19.6 Å². The van der Waals surface area contributed by atoms with Gasteiger partial charge in [-0.1, -0.05) is 6.07 Å². The molecule has 2 aliphatic rings. The van der Waals surface area contributed by atoms with Crippen molar-refractivity contribution in [1.82, 2.24) is 4.90 Å². The Morgan fingerprint density at radius 2 is 2.10 bits per heavy atom. The number of rotatable bonds is 6. The molecular formula is C19H20N2O7S2. The first-order valence-corrected chi connectivity index (χ1v) is 11.5. The first-order valence-electron chi connectivity index (χ1n) is 9.11. The van der Waals surface area contributed by atoms with Crippen molar-refractivity contribution in [2.75, 3.05) is 44.9 Å². The van der Waals surface area contributed by atoms with E-state index in [4.69, 9.17) is 18.9 Å². The summed E-state index contributed by atoms with van der Waals surface area (Å²) in [6.45, 7) is 1.96. The van der Waals surface area contributed by atoms with Gasteiger partial charge in [-0.05, 0) is 17.5 Å². The number of hydrogen-bond acceptors (Lipinski definition) is 8. The molecule has 1 saturated heterocycles. The third kappa shape index (κ3) is 4.09. The molecule has 2 aliphatic heterocycles. The Labute approximate surface area is 177 Å². The Hall–Kier alpha value is -2.76. The summed E-state index contributed by atoms with van der Waals surface area (Å²) in [4.78, 5) is 14.2. The van der Waals surface area contributed by atoms with Crippen molar-refractivity contribution in [3.05, 3.63) is 35.2 Å². The lowest BCUT2D eigenvalue weighted by Gasteiger charge is -2.25. The summed E-state index contributed by atoms with van der Waals surface area (Å²) < 4.78 is 49.9. The molecule has 1 aromatic heterocycles. The predicted octanol–water partition coefficient (Wildman–Crippen LogP) is 2.16. The number of anilines is 1. The molecule has 0 atom stereocenters. The lowest BCUT2D eigenvalue weighted by atomic mass is 10.1. The maximum absolute atomic E-state index is 12.8. The molecule has 160 valence electrons. The molecule has 0 spiro atoms. The number of methoxy groups -OCH3 is 1. The van der Waals surface area contributed by atoms with Crippen LogP contribution in [0.4, 0.5) is 5.69 Å². The summed E-state index contributed by atoms with van der Waals surface area (Å²) in [6.07, 6.45) is 2.90. The largest absolute Gasteiger partial charge is 0.492 e. The molecule has 9 nitrogen and oxygen atoms in total. The van der Waals surface area contributed by atoms with Gasteiger partial charge in [-0.2, -0.15) is 0 Å². The normalized spacial score (nSPS) is 16.1. The fraction of sp³-hybridized carbons (Fsp3) is 0.316. The number of carbonyl (C=O) groups excluding carboxylic acids is 1. The Balaban J connectivity index is 1.72. The number of amides is 1. The highest BCUT2D eigenvalue weighted by molar-refractivity contribution is 7.94. The molecule has 0 radical (unpaired) electrons. The van der Waals surface area contributed by atoms with Crippen LogP contribution < -0.4 is 18.9 Å². The molecule has 3 heterocycles. The van der Waals surface area contributed by atoms with Crippen molar-refractivity contribution in [3.63, 3.8) is 0 Å². The molecule has 4 rings (SSSR count). The number of nitrogens with one attached hydrogen (secondary N) is 1. The number of ether oxygens (including phenoxy) is 4. The second-order valence-electron chi connectivity index (χ2n) is 6.41. The SMILES string of the molecule is COc1c(/C=C/C(=O)N2CCOCC2)c(NS(=O)(=O)c2cccs2)cc2c1OCO2. The van der Waals surface area contributed by atoms with E-state index in [2.05, 4.69) is 4.72 Å². The maximum Gasteiger partial charge on any atom is 0.271 e. The highest BCUT2D eigenvalue weighted by atomic mass is 32.2. The highest BCUT2D eigenvalue weighted by Gasteiger charge is 2.27. The first-order chi connectivity index (χ1) is 14.5. The summed E-state index contributed by atoms with van der Waals surface area (Å²) in [5.41, 5.74) is 0.582. The summed E-state index contributed by atoms with van der Waals surface area (Å²) in [5.74, 6) is 0.785. The third-order valence-electron chi connectivity index (χ3n) is 4.58. The predicted molar refractivity (Wildman–Crippen MR) is 111 cm³/mol. The zero-order valence-electron chi connectivity index (χ0n) is 16.1. The fourth-order valence-corrected chi connectivity index (χ4v) is 5.20.